The van der Waals surface area contributed by atoms with E-state index in [9.17, 15) is 4.79 Å². The first-order chi connectivity index (χ1) is 11.2. The van der Waals surface area contributed by atoms with Gasteiger partial charge in [0.2, 0.25) is 0 Å². The first-order valence-corrected chi connectivity index (χ1v) is 8.15. The molecule has 6 nitrogen and oxygen atoms in total. The average molecular weight is 311 g/mol. The molecular formula is C17H21N5O. The number of carbonyl (C=O) groups is 1. The van der Waals surface area contributed by atoms with E-state index in [1.807, 2.05) is 35.0 Å². The van der Waals surface area contributed by atoms with Crippen molar-refractivity contribution >= 4 is 5.91 Å². The molecule has 120 valence electrons. The highest BCUT2D eigenvalue weighted by Gasteiger charge is 2.44. The zero-order valence-electron chi connectivity index (χ0n) is 13.3. The van der Waals surface area contributed by atoms with Gasteiger partial charge in [-0.2, -0.15) is 5.10 Å². The molecule has 4 rings (SSSR count). The maximum atomic E-state index is 12.7. The minimum atomic E-state index is 0.119. The molecule has 4 heterocycles. The highest BCUT2D eigenvalue weighted by molar-refractivity contribution is 5.94. The van der Waals surface area contributed by atoms with Crippen LogP contribution >= 0.6 is 0 Å². The molecule has 0 N–H and O–H groups in total. The van der Waals surface area contributed by atoms with Gasteiger partial charge < -0.3 is 4.90 Å². The molecule has 0 bridgehead atoms. The second-order valence-electron chi connectivity index (χ2n) is 6.45. The molecule has 2 aromatic rings. The number of amides is 1. The van der Waals surface area contributed by atoms with E-state index in [1.165, 1.54) is 5.56 Å². The molecule has 2 fully saturated rings. The number of hydrogen-bond donors (Lipinski definition) is 0. The van der Waals surface area contributed by atoms with Crippen molar-refractivity contribution in [2.24, 2.45) is 7.05 Å². The third kappa shape index (κ3) is 2.63. The molecule has 0 unspecified atom stereocenters. The first kappa shape index (κ1) is 14.4. The number of aryl methyl sites for hydroxylation is 1. The highest BCUT2D eigenvalue weighted by Crippen LogP contribution is 2.33. The van der Waals surface area contributed by atoms with Crippen LogP contribution in [-0.4, -0.2) is 55.6 Å². The van der Waals surface area contributed by atoms with Crippen LogP contribution in [0.3, 0.4) is 0 Å². The Morgan fingerprint density at radius 1 is 1.26 bits per heavy atom. The third-order valence-electron chi connectivity index (χ3n) is 5.00. The quantitative estimate of drug-likeness (QED) is 0.857. The Morgan fingerprint density at radius 2 is 2.13 bits per heavy atom. The van der Waals surface area contributed by atoms with Crippen LogP contribution in [0.1, 0.15) is 28.8 Å². The van der Waals surface area contributed by atoms with Gasteiger partial charge in [-0.15, -0.1) is 0 Å². The summed E-state index contributed by atoms with van der Waals surface area (Å²) < 4.78 is 1.84. The Kier molecular flexibility index (Phi) is 3.61. The van der Waals surface area contributed by atoms with Crippen LogP contribution in [0.4, 0.5) is 0 Å². The number of carbonyl (C=O) groups excluding carboxylic acids is 1. The number of nitrogens with zero attached hydrogens (tertiary/aromatic N) is 5. The molecule has 2 aliphatic heterocycles. The molecule has 2 aromatic heterocycles. The van der Waals surface area contributed by atoms with Gasteiger partial charge in [0.25, 0.3) is 5.91 Å². The van der Waals surface area contributed by atoms with Gasteiger partial charge in [0.15, 0.2) is 0 Å². The maximum Gasteiger partial charge on any atom is 0.255 e. The van der Waals surface area contributed by atoms with E-state index in [2.05, 4.69) is 21.2 Å². The Balaban J connectivity index is 1.46. The lowest BCUT2D eigenvalue weighted by molar-refractivity contribution is 0.0731. The molecular weight excluding hydrogens is 290 g/mol. The van der Waals surface area contributed by atoms with Crippen LogP contribution in [0.5, 0.6) is 0 Å². The van der Waals surface area contributed by atoms with Crippen LogP contribution < -0.4 is 0 Å². The molecule has 2 atom stereocenters. The molecule has 0 spiro atoms. The van der Waals surface area contributed by atoms with E-state index >= 15 is 0 Å². The van der Waals surface area contributed by atoms with Crippen molar-refractivity contribution in [2.45, 2.75) is 31.5 Å². The maximum absolute atomic E-state index is 12.7. The van der Waals surface area contributed by atoms with Crippen molar-refractivity contribution in [1.82, 2.24) is 24.6 Å². The van der Waals surface area contributed by atoms with Crippen LogP contribution in [0.25, 0.3) is 0 Å². The third-order valence-corrected chi connectivity index (χ3v) is 5.00. The molecule has 0 radical (unpaired) electrons. The summed E-state index contributed by atoms with van der Waals surface area (Å²) in [6.45, 7) is 2.80. The Labute approximate surface area is 135 Å². The molecule has 0 saturated carbocycles. The zero-order valence-corrected chi connectivity index (χ0v) is 13.3. The number of hydrogen-bond acceptors (Lipinski definition) is 4. The number of aromatic nitrogens is 3. The molecule has 0 aliphatic carbocycles. The topological polar surface area (TPSA) is 54.3 Å². The van der Waals surface area contributed by atoms with Gasteiger partial charge in [-0.25, -0.2) is 0 Å². The molecule has 1 amide bonds. The van der Waals surface area contributed by atoms with Crippen molar-refractivity contribution < 1.29 is 4.79 Å². The molecule has 2 aliphatic rings. The summed E-state index contributed by atoms with van der Waals surface area (Å²) in [5, 5.41) is 4.25. The van der Waals surface area contributed by atoms with Gasteiger partial charge in [0.1, 0.15) is 0 Å². The lowest BCUT2D eigenvalue weighted by Gasteiger charge is -2.25. The van der Waals surface area contributed by atoms with Crippen LogP contribution in [0.15, 0.2) is 36.9 Å². The summed E-state index contributed by atoms with van der Waals surface area (Å²) in [7, 11) is 1.94. The van der Waals surface area contributed by atoms with Crippen LogP contribution in [0.2, 0.25) is 0 Å². The van der Waals surface area contributed by atoms with Gasteiger partial charge >= 0.3 is 0 Å². The molecule has 2 saturated heterocycles. The van der Waals surface area contributed by atoms with Crippen molar-refractivity contribution in [3.63, 3.8) is 0 Å². The molecule has 23 heavy (non-hydrogen) atoms. The Hall–Kier alpha value is -2.21. The lowest BCUT2D eigenvalue weighted by Crippen LogP contribution is -2.39. The van der Waals surface area contributed by atoms with Gasteiger partial charge in [0, 0.05) is 62.9 Å². The summed E-state index contributed by atoms with van der Waals surface area (Å²) in [5.41, 5.74) is 1.93. The summed E-state index contributed by atoms with van der Waals surface area (Å²) in [6.07, 6.45) is 9.47. The number of fused-ring (bicyclic) bond motifs is 1. The lowest BCUT2D eigenvalue weighted by atomic mass is 10.1. The highest BCUT2D eigenvalue weighted by atomic mass is 16.2. The van der Waals surface area contributed by atoms with E-state index in [4.69, 9.17) is 0 Å². The van der Waals surface area contributed by atoms with E-state index in [-0.39, 0.29) is 5.91 Å². The smallest absolute Gasteiger partial charge is 0.255 e. The fraction of sp³-hybridized carbons (Fsp3) is 0.471. The summed E-state index contributed by atoms with van der Waals surface area (Å²) in [6, 6.07) is 4.48. The zero-order chi connectivity index (χ0) is 15.8. The van der Waals surface area contributed by atoms with Crippen molar-refractivity contribution in [3.05, 3.63) is 48.0 Å². The minimum Gasteiger partial charge on any atom is -0.334 e. The standard InChI is InChI=1S/C17H21N5O/c1-20-11-13(9-19-20)12-21-7-4-16-15(21)5-8-22(16)17(23)14-3-2-6-18-10-14/h2-3,6,9-11,15-16H,4-5,7-8,12H2,1H3/t15-,16+/m0/s1. The Bertz CT molecular complexity index is 698. The predicted molar refractivity (Wildman–Crippen MR) is 85.7 cm³/mol. The van der Waals surface area contributed by atoms with E-state index in [0.29, 0.717) is 17.6 Å². The number of pyridine rings is 1. The fourth-order valence-corrected chi connectivity index (χ4v) is 3.97. The summed E-state index contributed by atoms with van der Waals surface area (Å²) >= 11 is 0. The van der Waals surface area contributed by atoms with Gasteiger partial charge in [-0.3, -0.25) is 19.4 Å². The van der Waals surface area contributed by atoms with Gasteiger partial charge in [-0.05, 0) is 25.0 Å². The predicted octanol–water partition coefficient (Wildman–Crippen LogP) is 1.30. The van der Waals surface area contributed by atoms with Crippen molar-refractivity contribution in [3.8, 4) is 0 Å². The minimum absolute atomic E-state index is 0.119. The SMILES string of the molecule is Cn1cc(CN2CC[C@@H]3[C@@H]2CCN3C(=O)c2cccnc2)cn1. The van der Waals surface area contributed by atoms with Gasteiger partial charge in [0.05, 0.1) is 11.8 Å². The first-order valence-electron chi connectivity index (χ1n) is 8.15. The second kappa shape index (κ2) is 5.77. The molecule has 0 aromatic carbocycles. The largest absolute Gasteiger partial charge is 0.334 e. The van der Waals surface area contributed by atoms with Crippen molar-refractivity contribution in [1.29, 1.82) is 0 Å². The van der Waals surface area contributed by atoms with E-state index < -0.39 is 0 Å². The fourth-order valence-electron chi connectivity index (χ4n) is 3.97. The second-order valence-corrected chi connectivity index (χ2v) is 6.45. The summed E-state index contributed by atoms with van der Waals surface area (Å²) in [5.74, 6) is 0.119. The van der Waals surface area contributed by atoms with Crippen LogP contribution in [-0.2, 0) is 13.6 Å². The van der Waals surface area contributed by atoms with Crippen LogP contribution in [0, 0.1) is 0 Å². The number of likely N-dealkylation sites (tertiary alicyclic amines) is 2. The Morgan fingerprint density at radius 3 is 2.87 bits per heavy atom. The van der Waals surface area contributed by atoms with E-state index in [1.54, 1.807) is 12.4 Å². The monoisotopic (exact) mass is 311 g/mol. The average Bonchev–Trinajstić information content (AvgIpc) is 3.26. The number of rotatable bonds is 3. The van der Waals surface area contributed by atoms with E-state index in [0.717, 1.165) is 32.5 Å². The van der Waals surface area contributed by atoms with Gasteiger partial charge in [-0.1, -0.05) is 0 Å². The normalized spacial score (nSPS) is 24.1. The molecule has 6 heteroatoms. The summed E-state index contributed by atoms with van der Waals surface area (Å²) in [4.78, 5) is 21.3. The van der Waals surface area contributed by atoms with Crippen molar-refractivity contribution in [2.75, 3.05) is 13.1 Å².